The zero-order valence-electron chi connectivity index (χ0n) is 15.0. The van der Waals surface area contributed by atoms with Crippen LogP contribution < -0.4 is 5.32 Å². The predicted octanol–water partition coefficient (Wildman–Crippen LogP) is 1.46. The fourth-order valence-corrected chi connectivity index (χ4v) is 3.80. The quantitative estimate of drug-likeness (QED) is 0.806. The molecule has 1 heterocycles. The highest BCUT2D eigenvalue weighted by atomic mass is 32.2. The number of benzene rings is 1. The molecule has 0 saturated heterocycles. The Balaban J connectivity index is 2.01. The van der Waals surface area contributed by atoms with Gasteiger partial charge in [-0.3, -0.25) is 9.48 Å². The lowest BCUT2D eigenvalue weighted by Crippen LogP contribution is -2.25. The highest BCUT2D eigenvalue weighted by molar-refractivity contribution is 7.89. The monoisotopic (exact) mass is 364 g/mol. The lowest BCUT2D eigenvalue weighted by Gasteiger charge is -2.11. The summed E-state index contributed by atoms with van der Waals surface area (Å²) in [5.74, 6) is -0.103. The van der Waals surface area contributed by atoms with Crippen LogP contribution in [-0.4, -0.2) is 42.5 Å². The minimum absolute atomic E-state index is 0.103. The van der Waals surface area contributed by atoms with Gasteiger partial charge in [0.1, 0.15) is 4.90 Å². The number of nitrogens with one attached hydrogen (secondary N) is 1. The summed E-state index contributed by atoms with van der Waals surface area (Å²) in [4.78, 5) is 12.2. The van der Waals surface area contributed by atoms with Crippen LogP contribution in [0.25, 0.3) is 0 Å². The maximum atomic E-state index is 12.4. The standard InChI is InChI=1S/C17H24N4O3S/c1-13-17(25(23,24)20(3)4)14(2)21(19-13)11-10-16(22)18-12-15-8-6-5-7-9-15/h5-9H,10-12H2,1-4H3,(H,18,22). The van der Waals surface area contributed by atoms with Gasteiger partial charge in [-0.1, -0.05) is 30.3 Å². The molecule has 1 N–H and O–H groups in total. The molecule has 0 unspecified atom stereocenters. The van der Waals surface area contributed by atoms with E-state index in [-0.39, 0.29) is 17.2 Å². The molecule has 0 fully saturated rings. The number of amides is 1. The van der Waals surface area contributed by atoms with Crippen molar-refractivity contribution in [1.82, 2.24) is 19.4 Å². The van der Waals surface area contributed by atoms with E-state index >= 15 is 0 Å². The number of carbonyl (C=O) groups excluding carboxylic acids is 1. The Morgan fingerprint density at radius 1 is 1.20 bits per heavy atom. The van der Waals surface area contributed by atoms with Crippen molar-refractivity contribution in [2.24, 2.45) is 0 Å². The van der Waals surface area contributed by atoms with Crippen molar-refractivity contribution in [2.75, 3.05) is 14.1 Å². The van der Waals surface area contributed by atoms with Crippen LogP contribution in [0.2, 0.25) is 0 Å². The molecule has 25 heavy (non-hydrogen) atoms. The number of aromatic nitrogens is 2. The second-order valence-corrected chi connectivity index (χ2v) is 8.11. The van der Waals surface area contributed by atoms with Gasteiger partial charge < -0.3 is 5.32 Å². The molecule has 0 aliphatic carbocycles. The summed E-state index contributed by atoms with van der Waals surface area (Å²) in [7, 11) is -0.575. The number of rotatable bonds is 7. The molecule has 0 radical (unpaired) electrons. The van der Waals surface area contributed by atoms with E-state index in [2.05, 4.69) is 10.4 Å². The molecule has 0 bridgehead atoms. The summed E-state index contributed by atoms with van der Waals surface area (Å²) in [6, 6.07) is 9.65. The number of nitrogens with zero attached hydrogens (tertiary/aromatic N) is 3. The first-order valence-electron chi connectivity index (χ1n) is 8.00. The minimum atomic E-state index is -3.55. The zero-order chi connectivity index (χ0) is 18.6. The molecule has 2 aromatic rings. The van der Waals surface area contributed by atoms with Crippen LogP contribution in [0.15, 0.2) is 35.2 Å². The second-order valence-electron chi connectivity index (χ2n) is 6.02. The number of hydrogen-bond acceptors (Lipinski definition) is 4. The van der Waals surface area contributed by atoms with Gasteiger partial charge in [-0.25, -0.2) is 12.7 Å². The summed E-state index contributed by atoms with van der Waals surface area (Å²) in [6.07, 6.45) is 0.232. The van der Waals surface area contributed by atoms with Gasteiger partial charge >= 0.3 is 0 Å². The molecule has 1 aromatic heterocycles. The van der Waals surface area contributed by atoms with Crippen LogP contribution in [0, 0.1) is 13.8 Å². The Labute approximate surface area is 148 Å². The molecule has 0 atom stereocenters. The van der Waals surface area contributed by atoms with Gasteiger partial charge in [0.25, 0.3) is 0 Å². The third kappa shape index (κ3) is 4.46. The molecular formula is C17H24N4O3S. The molecule has 136 valence electrons. The van der Waals surface area contributed by atoms with Crippen molar-refractivity contribution in [3.05, 3.63) is 47.3 Å². The molecule has 1 amide bonds. The molecule has 0 spiro atoms. The van der Waals surface area contributed by atoms with Crippen molar-refractivity contribution in [1.29, 1.82) is 0 Å². The third-order valence-electron chi connectivity index (χ3n) is 3.94. The SMILES string of the molecule is Cc1nn(CCC(=O)NCc2ccccc2)c(C)c1S(=O)(=O)N(C)C. The number of hydrogen-bond donors (Lipinski definition) is 1. The molecule has 8 heteroatoms. The van der Waals surface area contributed by atoms with Crippen molar-refractivity contribution in [3.8, 4) is 0 Å². The van der Waals surface area contributed by atoms with Crippen LogP contribution in [0.5, 0.6) is 0 Å². The summed E-state index contributed by atoms with van der Waals surface area (Å²) < 4.78 is 27.5. The van der Waals surface area contributed by atoms with E-state index in [1.165, 1.54) is 18.4 Å². The Kier molecular flexibility index (Phi) is 5.97. The Hall–Kier alpha value is -2.19. The Bertz CT molecular complexity index is 842. The molecule has 2 rings (SSSR count). The first-order valence-corrected chi connectivity index (χ1v) is 9.44. The molecule has 0 aliphatic rings. The summed E-state index contributed by atoms with van der Waals surface area (Å²) in [5.41, 5.74) is 2.01. The van der Waals surface area contributed by atoms with Gasteiger partial charge in [0.05, 0.1) is 17.9 Å². The molecule has 1 aromatic carbocycles. The summed E-state index contributed by atoms with van der Waals surface area (Å²) >= 11 is 0. The van der Waals surface area contributed by atoms with E-state index in [9.17, 15) is 13.2 Å². The van der Waals surface area contributed by atoms with Gasteiger partial charge in [-0.15, -0.1) is 0 Å². The Morgan fingerprint density at radius 3 is 2.44 bits per heavy atom. The van der Waals surface area contributed by atoms with Crippen LogP contribution in [0.3, 0.4) is 0 Å². The molecule has 7 nitrogen and oxygen atoms in total. The van der Waals surface area contributed by atoms with Gasteiger partial charge in [-0.05, 0) is 19.4 Å². The van der Waals surface area contributed by atoms with Crippen molar-refractivity contribution < 1.29 is 13.2 Å². The van der Waals surface area contributed by atoms with Gasteiger partial charge in [0.2, 0.25) is 15.9 Å². The van der Waals surface area contributed by atoms with Gasteiger partial charge in [0, 0.05) is 27.1 Å². The largest absolute Gasteiger partial charge is 0.352 e. The first kappa shape index (κ1) is 19.1. The fourth-order valence-electron chi connectivity index (χ4n) is 2.55. The highest BCUT2D eigenvalue weighted by Crippen LogP contribution is 2.22. The Morgan fingerprint density at radius 2 is 1.84 bits per heavy atom. The number of carbonyl (C=O) groups is 1. The maximum absolute atomic E-state index is 12.4. The summed E-state index contributed by atoms with van der Waals surface area (Å²) in [6.45, 7) is 4.17. The molecular weight excluding hydrogens is 340 g/mol. The fraction of sp³-hybridized carbons (Fsp3) is 0.412. The van der Waals surface area contributed by atoms with Crippen LogP contribution in [-0.2, 0) is 27.9 Å². The second kappa shape index (κ2) is 7.79. The molecule has 0 aliphatic heterocycles. The van der Waals surface area contributed by atoms with E-state index < -0.39 is 10.0 Å². The van der Waals surface area contributed by atoms with Gasteiger partial charge in [0.15, 0.2) is 0 Å². The van der Waals surface area contributed by atoms with E-state index in [1.54, 1.807) is 18.5 Å². The lowest BCUT2D eigenvalue weighted by atomic mass is 10.2. The van der Waals surface area contributed by atoms with Crippen LogP contribution in [0.1, 0.15) is 23.4 Å². The maximum Gasteiger partial charge on any atom is 0.246 e. The average molecular weight is 364 g/mol. The minimum Gasteiger partial charge on any atom is -0.352 e. The topological polar surface area (TPSA) is 84.3 Å². The number of aryl methyl sites for hydroxylation is 2. The average Bonchev–Trinajstić information content (AvgIpc) is 2.86. The smallest absolute Gasteiger partial charge is 0.246 e. The summed E-state index contributed by atoms with van der Waals surface area (Å²) in [5, 5.41) is 7.13. The normalized spacial score (nSPS) is 11.7. The molecule has 0 saturated carbocycles. The highest BCUT2D eigenvalue weighted by Gasteiger charge is 2.26. The zero-order valence-corrected chi connectivity index (χ0v) is 15.8. The van der Waals surface area contributed by atoms with Crippen molar-refractivity contribution in [3.63, 3.8) is 0 Å². The van der Waals surface area contributed by atoms with Gasteiger partial charge in [-0.2, -0.15) is 5.10 Å². The van der Waals surface area contributed by atoms with Crippen molar-refractivity contribution >= 4 is 15.9 Å². The predicted molar refractivity (Wildman–Crippen MR) is 95.5 cm³/mol. The van der Waals surface area contributed by atoms with Crippen molar-refractivity contribution in [2.45, 2.75) is 38.3 Å². The van der Waals surface area contributed by atoms with Crippen LogP contribution in [0.4, 0.5) is 0 Å². The first-order chi connectivity index (χ1) is 11.7. The number of sulfonamides is 1. The van der Waals surface area contributed by atoms with E-state index in [1.807, 2.05) is 30.3 Å². The lowest BCUT2D eigenvalue weighted by molar-refractivity contribution is -0.121. The van der Waals surface area contributed by atoms with Crippen LogP contribution >= 0.6 is 0 Å². The third-order valence-corrected chi connectivity index (χ3v) is 6.01. The van der Waals surface area contributed by atoms with E-state index in [4.69, 9.17) is 0 Å². The van der Waals surface area contributed by atoms with E-state index in [0.29, 0.717) is 24.5 Å². The van der Waals surface area contributed by atoms with E-state index in [0.717, 1.165) is 5.56 Å².